The molecule has 1 aromatic heterocycles. The van der Waals surface area contributed by atoms with E-state index in [0.29, 0.717) is 5.35 Å². The lowest BCUT2D eigenvalue weighted by molar-refractivity contribution is 1.27. The van der Waals surface area contributed by atoms with Crippen molar-refractivity contribution in [2.75, 3.05) is 5.73 Å². The molecule has 2 rings (SSSR count). The summed E-state index contributed by atoms with van der Waals surface area (Å²) in [5.74, 6) is 0. The van der Waals surface area contributed by atoms with Gasteiger partial charge in [0.2, 0.25) is 0 Å². The van der Waals surface area contributed by atoms with Crippen molar-refractivity contribution >= 4 is 35.8 Å². The quantitative estimate of drug-likeness (QED) is 0.797. The van der Waals surface area contributed by atoms with Gasteiger partial charge in [0.15, 0.2) is 0 Å². The van der Waals surface area contributed by atoms with Crippen LogP contribution in [0.3, 0.4) is 0 Å². The average Bonchev–Trinajstić information content (AvgIpc) is 2.62. The SMILES string of the molecule is C=c1[nH]c(=O)s/c1=C\c1cccc(N)c1/C=C\C. The van der Waals surface area contributed by atoms with Gasteiger partial charge in [0.1, 0.15) is 0 Å². The molecule has 3 N–H and O–H groups in total. The molecule has 18 heavy (non-hydrogen) atoms. The molecular weight excluding hydrogens is 244 g/mol. The van der Waals surface area contributed by atoms with Gasteiger partial charge in [0.25, 0.3) is 0 Å². The summed E-state index contributed by atoms with van der Waals surface area (Å²) in [6.07, 6.45) is 5.82. The first-order valence-corrected chi connectivity index (χ1v) is 6.34. The number of hydrogen-bond acceptors (Lipinski definition) is 3. The predicted molar refractivity (Wildman–Crippen MR) is 78.8 cm³/mol. The Morgan fingerprint density at radius 2 is 2.22 bits per heavy atom. The largest absolute Gasteiger partial charge is 0.398 e. The van der Waals surface area contributed by atoms with Gasteiger partial charge in [-0.15, -0.1) is 0 Å². The zero-order chi connectivity index (χ0) is 13.1. The van der Waals surface area contributed by atoms with Gasteiger partial charge in [-0.1, -0.05) is 42.2 Å². The maximum atomic E-state index is 11.2. The molecule has 92 valence electrons. The third-order valence-electron chi connectivity index (χ3n) is 2.55. The molecule has 3 nitrogen and oxygen atoms in total. The van der Waals surface area contributed by atoms with Crippen LogP contribution in [0.5, 0.6) is 0 Å². The number of thiazole rings is 1. The van der Waals surface area contributed by atoms with Gasteiger partial charge >= 0.3 is 4.87 Å². The molecule has 4 heteroatoms. The Morgan fingerprint density at radius 1 is 1.44 bits per heavy atom. The number of aromatic nitrogens is 1. The summed E-state index contributed by atoms with van der Waals surface area (Å²) in [5, 5.41) is 0.638. The monoisotopic (exact) mass is 258 g/mol. The lowest BCUT2D eigenvalue weighted by Gasteiger charge is -2.04. The zero-order valence-corrected chi connectivity index (χ0v) is 10.9. The third kappa shape index (κ3) is 2.43. The first-order chi connectivity index (χ1) is 8.61. The van der Waals surface area contributed by atoms with Crippen molar-refractivity contribution in [2.45, 2.75) is 6.92 Å². The number of rotatable bonds is 2. The van der Waals surface area contributed by atoms with Crippen LogP contribution in [-0.4, -0.2) is 4.98 Å². The van der Waals surface area contributed by atoms with Gasteiger partial charge in [-0.25, -0.2) is 0 Å². The fourth-order valence-corrected chi connectivity index (χ4v) is 2.45. The Labute approximate surface area is 109 Å². The molecule has 2 aromatic rings. The van der Waals surface area contributed by atoms with Crippen molar-refractivity contribution < 1.29 is 0 Å². The second-order valence-corrected chi connectivity index (χ2v) is 4.87. The van der Waals surface area contributed by atoms with E-state index in [1.165, 1.54) is 0 Å². The molecule has 1 aromatic carbocycles. The summed E-state index contributed by atoms with van der Waals surface area (Å²) in [6.45, 7) is 5.75. The summed E-state index contributed by atoms with van der Waals surface area (Å²) in [4.78, 5) is 13.8. The molecule has 0 spiro atoms. The highest BCUT2D eigenvalue weighted by atomic mass is 32.1. The maximum absolute atomic E-state index is 11.2. The topological polar surface area (TPSA) is 58.9 Å². The second kappa shape index (κ2) is 5.06. The summed E-state index contributed by atoms with van der Waals surface area (Å²) in [6, 6.07) is 5.72. The van der Waals surface area contributed by atoms with Gasteiger partial charge in [-0.2, -0.15) is 0 Å². The maximum Gasteiger partial charge on any atom is 0.305 e. The molecule has 0 aliphatic rings. The molecule has 0 aliphatic heterocycles. The summed E-state index contributed by atoms with van der Waals surface area (Å²) in [5.41, 5.74) is 8.61. The minimum Gasteiger partial charge on any atom is -0.398 e. The summed E-state index contributed by atoms with van der Waals surface area (Å²) >= 11 is 1.15. The van der Waals surface area contributed by atoms with Gasteiger partial charge in [0.05, 0.1) is 9.88 Å². The molecule has 0 fully saturated rings. The van der Waals surface area contributed by atoms with Crippen LogP contribution in [0.15, 0.2) is 29.1 Å². The fraction of sp³-hybridized carbons (Fsp3) is 0.0714. The number of benzene rings is 1. The van der Waals surface area contributed by atoms with Crippen molar-refractivity contribution in [3.05, 3.63) is 55.0 Å². The van der Waals surface area contributed by atoms with Crippen molar-refractivity contribution in [1.29, 1.82) is 0 Å². The normalized spacial score (nSPS) is 12.4. The van der Waals surface area contributed by atoms with Gasteiger partial charge in [0, 0.05) is 11.3 Å². The van der Waals surface area contributed by atoms with E-state index in [0.717, 1.165) is 32.7 Å². The number of H-pyrrole nitrogens is 1. The van der Waals surface area contributed by atoms with Crippen LogP contribution < -0.4 is 20.5 Å². The van der Waals surface area contributed by atoms with Crippen molar-refractivity contribution in [3.63, 3.8) is 0 Å². The van der Waals surface area contributed by atoms with E-state index >= 15 is 0 Å². The molecular formula is C14H14N2OS. The van der Waals surface area contributed by atoms with Crippen LogP contribution in [0.2, 0.25) is 0 Å². The van der Waals surface area contributed by atoms with E-state index in [-0.39, 0.29) is 4.87 Å². The Morgan fingerprint density at radius 3 is 2.83 bits per heavy atom. The van der Waals surface area contributed by atoms with Crippen LogP contribution in [0.25, 0.3) is 18.7 Å². The average molecular weight is 258 g/mol. The van der Waals surface area contributed by atoms with Gasteiger partial charge in [-0.3, -0.25) is 4.79 Å². The molecule has 0 saturated heterocycles. The molecule has 0 unspecified atom stereocenters. The molecule has 0 atom stereocenters. The third-order valence-corrected chi connectivity index (χ3v) is 3.42. The number of nitrogens with one attached hydrogen (secondary N) is 1. The van der Waals surface area contributed by atoms with Gasteiger partial charge in [-0.05, 0) is 24.6 Å². The highest BCUT2D eigenvalue weighted by Gasteiger charge is 2.01. The number of nitrogens with two attached hydrogens (primary N) is 1. The Kier molecular flexibility index (Phi) is 3.48. The van der Waals surface area contributed by atoms with E-state index in [1.807, 2.05) is 43.4 Å². The minimum atomic E-state index is -0.0947. The van der Waals surface area contributed by atoms with Gasteiger partial charge < -0.3 is 10.7 Å². The number of aromatic amines is 1. The molecule has 0 radical (unpaired) electrons. The lowest BCUT2D eigenvalue weighted by Crippen LogP contribution is -2.19. The van der Waals surface area contributed by atoms with E-state index in [4.69, 9.17) is 5.73 Å². The Hall–Kier alpha value is -2.07. The molecule has 0 bridgehead atoms. The van der Waals surface area contributed by atoms with Crippen molar-refractivity contribution in [2.24, 2.45) is 0 Å². The standard InChI is InChI=1S/C14H14N2OS/c1-3-5-11-10(6-4-7-12(11)15)8-13-9(2)16-14(17)18-13/h3-8H,2,15H2,1H3,(H,16,17)/b5-3-,13-8-. The highest BCUT2D eigenvalue weighted by molar-refractivity contribution is 7.07. The van der Waals surface area contributed by atoms with Crippen LogP contribution >= 0.6 is 11.3 Å². The first-order valence-electron chi connectivity index (χ1n) is 5.53. The highest BCUT2D eigenvalue weighted by Crippen LogP contribution is 2.19. The van der Waals surface area contributed by atoms with E-state index in [1.54, 1.807) is 0 Å². The zero-order valence-electron chi connectivity index (χ0n) is 10.1. The molecule has 0 saturated carbocycles. The van der Waals surface area contributed by atoms with Crippen LogP contribution in [0.4, 0.5) is 5.69 Å². The first kappa shape index (κ1) is 12.4. The summed E-state index contributed by atoms with van der Waals surface area (Å²) < 4.78 is 0.830. The van der Waals surface area contributed by atoms with Crippen LogP contribution in [0.1, 0.15) is 18.1 Å². The number of hydrogen-bond donors (Lipinski definition) is 2. The summed E-state index contributed by atoms with van der Waals surface area (Å²) in [7, 11) is 0. The van der Waals surface area contributed by atoms with Crippen molar-refractivity contribution in [1.82, 2.24) is 4.98 Å². The predicted octanol–water partition coefficient (Wildman–Crippen LogP) is 1.29. The molecule has 0 aliphatic carbocycles. The molecule has 1 heterocycles. The van der Waals surface area contributed by atoms with E-state index < -0.39 is 0 Å². The number of nitrogen functional groups attached to an aromatic ring is 1. The minimum absolute atomic E-state index is 0.0947. The number of allylic oxidation sites excluding steroid dienone is 1. The second-order valence-electron chi connectivity index (χ2n) is 3.85. The lowest BCUT2D eigenvalue weighted by atomic mass is 10.0. The number of anilines is 1. The Balaban J connectivity index is 2.70. The molecule has 0 amide bonds. The van der Waals surface area contributed by atoms with E-state index in [9.17, 15) is 4.79 Å². The van der Waals surface area contributed by atoms with Crippen molar-refractivity contribution in [3.8, 4) is 0 Å². The Bertz CT molecular complexity index is 753. The fourth-order valence-electron chi connectivity index (χ4n) is 1.72. The smallest absolute Gasteiger partial charge is 0.305 e. The van der Waals surface area contributed by atoms with Crippen LogP contribution in [-0.2, 0) is 0 Å². The van der Waals surface area contributed by atoms with E-state index in [2.05, 4.69) is 11.6 Å². The van der Waals surface area contributed by atoms with Crippen LogP contribution in [0, 0.1) is 0 Å².